The van der Waals surface area contributed by atoms with Gasteiger partial charge in [0.1, 0.15) is 0 Å². The molecule has 5 heteroatoms. The molecule has 0 radical (unpaired) electrons. The van der Waals surface area contributed by atoms with Crippen molar-refractivity contribution in [2.45, 2.75) is 37.5 Å². The Morgan fingerprint density at radius 3 is 2.61 bits per heavy atom. The average Bonchev–Trinajstić information content (AvgIpc) is 2.71. The van der Waals surface area contributed by atoms with Crippen LogP contribution in [-0.4, -0.2) is 17.0 Å². The van der Waals surface area contributed by atoms with Gasteiger partial charge < -0.3 is 11.1 Å². The van der Waals surface area contributed by atoms with Gasteiger partial charge in [-0.25, -0.2) is 0 Å². The number of nitrogens with two attached hydrogens (primary N) is 1. The molecule has 100 valence electrons. The van der Waals surface area contributed by atoms with Crippen molar-refractivity contribution in [1.29, 1.82) is 0 Å². The first-order valence-electron chi connectivity index (χ1n) is 6.24. The van der Waals surface area contributed by atoms with Crippen LogP contribution in [0.2, 0.25) is 10.0 Å². The quantitative estimate of drug-likeness (QED) is 0.794. The van der Waals surface area contributed by atoms with Crippen molar-refractivity contribution in [3.8, 4) is 0 Å². The summed E-state index contributed by atoms with van der Waals surface area (Å²) in [5.41, 5.74) is 7.13. The van der Waals surface area contributed by atoms with E-state index in [1.807, 2.05) is 11.8 Å². The maximum atomic E-state index is 6.20. The van der Waals surface area contributed by atoms with E-state index in [9.17, 15) is 0 Å². The summed E-state index contributed by atoms with van der Waals surface area (Å²) in [6.45, 7) is 2.20. The fraction of sp³-hybridized carbons (Fsp3) is 0.538. The van der Waals surface area contributed by atoms with E-state index < -0.39 is 0 Å². The van der Waals surface area contributed by atoms with Crippen molar-refractivity contribution in [3.05, 3.63) is 22.2 Å². The van der Waals surface area contributed by atoms with E-state index in [1.54, 1.807) is 12.1 Å². The van der Waals surface area contributed by atoms with Crippen LogP contribution < -0.4 is 11.1 Å². The van der Waals surface area contributed by atoms with Crippen LogP contribution in [0.1, 0.15) is 26.2 Å². The Hall–Kier alpha value is -0.250. The van der Waals surface area contributed by atoms with Crippen LogP contribution in [0.5, 0.6) is 0 Å². The Kier molecular flexibility index (Phi) is 4.93. The highest BCUT2D eigenvalue weighted by Gasteiger charge is 2.28. The van der Waals surface area contributed by atoms with E-state index in [1.165, 1.54) is 19.3 Å². The van der Waals surface area contributed by atoms with Crippen molar-refractivity contribution in [2.24, 2.45) is 0 Å². The predicted molar refractivity (Wildman–Crippen MR) is 84.1 cm³/mol. The predicted octanol–water partition coefficient (Wildman–Crippen LogP) is 4.66. The molecule has 2 atom stereocenters. The molecule has 1 fully saturated rings. The van der Waals surface area contributed by atoms with Gasteiger partial charge in [0, 0.05) is 17.0 Å². The summed E-state index contributed by atoms with van der Waals surface area (Å²) in [6.07, 6.45) is 3.70. The van der Waals surface area contributed by atoms with Gasteiger partial charge in [0.2, 0.25) is 0 Å². The van der Waals surface area contributed by atoms with Crippen LogP contribution in [0.25, 0.3) is 0 Å². The Morgan fingerprint density at radius 2 is 2.00 bits per heavy atom. The molecular weight excluding hydrogens is 287 g/mol. The zero-order valence-electron chi connectivity index (χ0n) is 10.4. The summed E-state index contributed by atoms with van der Waals surface area (Å²) in [5, 5.41) is 5.36. The monoisotopic (exact) mass is 304 g/mol. The van der Waals surface area contributed by atoms with Crippen molar-refractivity contribution in [1.82, 2.24) is 0 Å². The second-order valence-corrected chi connectivity index (χ2v) is 6.87. The fourth-order valence-corrected chi connectivity index (χ4v) is 4.23. The molecule has 1 aliphatic carbocycles. The summed E-state index contributed by atoms with van der Waals surface area (Å²) >= 11 is 14.4. The Balaban J connectivity index is 2.14. The highest BCUT2D eigenvalue weighted by Crippen LogP contribution is 2.37. The fourth-order valence-electron chi connectivity index (χ4n) is 2.42. The third kappa shape index (κ3) is 3.19. The maximum Gasteiger partial charge on any atom is 0.0723 e. The molecule has 0 bridgehead atoms. The minimum absolute atomic E-state index is 0.452. The van der Waals surface area contributed by atoms with E-state index in [2.05, 4.69) is 12.2 Å². The van der Waals surface area contributed by atoms with Crippen molar-refractivity contribution in [3.63, 3.8) is 0 Å². The average molecular weight is 305 g/mol. The largest absolute Gasteiger partial charge is 0.399 e. The maximum absolute atomic E-state index is 6.20. The Labute approximate surface area is 123 Å². The lowest BCUT2D eigenvalue weighted by Crippen LogP contribution is -2.26. The molecule has 0 amide bonds. The summed E-state index contributed by atoms with van der Waals surface area (Å²) in [6, 6.07) is 3.94. The Bertz CT molecular complexity index is 402. The van der Waals surface area contributed by atoms with Gasteiger partial charge in [0.25, 0.3) is 0 Å². The number of halogens is 2. The first-order valence-corrected chi connectivity index (χ1v) is 8.05. The van der Waals surface area contributed by atoms with Crippen molar-refractivity contribution < 1.29 is 0 Å². The number of hydrogen-bond acceptors (Lipinski definition) is 3. The molecule has 0 saturated heterocycles. The number of anilines is 2. The van der Waals surface area contributed by atoms with E-state index in [-0.39, 0.29) is 0 Å². The zero-order chi connectivity index (χ0) is 13.1. The van der Waals surface area contributed by atoms with Gasteiger partial charge >= 0.3 is 0 Å². The summed E-state index contributed by atoms with van der Waals surface area (Å²) in [7, 11) is 0. The molecule has 18 heavy (non-hydrogen) atoms. The van der Waals surface area contributed by atoms with Crippen LogP contribution >= 0.6 is 35.0 Å². The molecule has 1 saturated carbocycles. The molecule has 2 nitrogen and oxygen atoms in total. The van der Waals surface area contributed by atoms with Gasteiger partial charge in [-0.1, -0.05) is 36.5 Å². The van der Waals surface area contributed by atoms with Gasteiger partial charge in [-0.15, -0.1) is 0 Å². The SMILES string of the molecule is CCSC1CCCC1Nc1c(Cl)cc(N)cc1Cl. The van der Waals surface area contributed by atoms with E-state index >= 15 is 0 Å². The van der Waals surface area contributed by atoms with Crippen molar-refractivity contribution in [2.75, 3.05) is 16.8 Å². The lowest BCUT2D eigenvalue weighted by molar-refractivity contribution is 0.768. The molecule has 0 aliphatic heterocycles. The number of hydrogen-bond donors (Lipinski definition) is 2. The van der Waals surface area contributed by atoms with Gasteiger partial charge in [-0.3, -0.25) is 0 Å². The lowest BCUT2D eigenvalue weighted by atomic mass is 10.2. The minimum Gasteiger partial charge on any atom is -0.399 e. The first-order chi connectivity index (χ1) is 8.61. The molecule has 1 aliphatic rings. The summed E-state index contributed by atoms with van der Waals surface area (Å²) in [4.78, 5) is 0. The summed E-state index contributed by atoms with van der Waals surface area (Å²) in [5.74, 6) is 1.14. The molecule has 0 heterocycles. The lowest BCUT2D eigenvalue weighted by Gasteiger charge is -2.22. The van der Waals surface area contributed by atoms with Gasteiger partial charge in [-0.05, 0) is 30.7 Å². The van der Waals surface area contributed by atoms with Gasteiger partial charge in [0.05, 0.1) is 15.7 Å². The zero-order valence-corrected chi connectivity index (χ0v) is 12.7. The molecule has 3 N–H and O–H groups in total. The number of nitrogen functional groups attached to an aromatic ring is 1. The molecule has 2 unspecified atom stereocenters. The van der Waals surface area contributed by atoms with E-state index in [4.69, 9.17) is 28.9 Å². The molecule has 1 aromatic carbocycles. The van der Waals surface area contributed by atoms with Gasteiger partial charge in [0.15, 0.2) is 0 Å². The number of thioether (sulfide) groups is 1. The third-order valence-corrected chi connectivity index (χ3v) is 5.15. The molecule has 0 aromatic heterocycles. The molecular formula is C13H18Cl2N2S. The minimum atomic E-state index is 0.452. The number of rotatable bonds is 4. The normalized spacial score (nSPS) is 23.3. The molecule has 1 aromatic rings. The second-order valence-electron chi connectivity index (χ2n) is 4.54. The van der Waals surface area contributed by atoms with Crippen LogP contribution in [0.15, 0.2) is 12.1 Å². The van der Waals surface area contributed by atoms with E-state index in [0.29, 0.717) is 27.0 Å². The highest BCUT2D eigenvalue weighted by atomic mass is 35.5. The topological polar surface area (TPSA) is 38.0 Å². The summed E-state index contributed by atoms with van der Waals surface area (Å²) < 4.78 is 0. The van der Waals surface area contributed by atoms with Crippen LogP contribution in [-0.2, 0) is 0 Å². The molecule has 0 spiro atoms. The van der Waals surface area contributed by atoms with Crippen LogP contribution in [0, 0.1) is 0 Å². The number of nitrogens with one attached hydrogen (secondary N) is 1. The first kappa shape index (κ1) is 14.2. The third-order valence-electron chi connectivity index (χ3n) is 3.23. The van der Waals surface area contributed by atoms with E-state index in [0.717, 1.165) is 11.4 Å². The second kappa shape index (κ2) is 6.27. The molecule has 2 rings (SSSR count). The number of benzene rings is 1. The standard InChI is InChI=1S/C13H18Cl2N2S/c1-2-18-12-5-3-4-11(12)17-13-9(14)6-8(16)7-10(13)15/h6-7,11-12,17H,2-5,16H2,1H3. The Morgan fingerprint density at radius 1 is 1.33 bits per heavy atom. The van der Waals surface area contributed by atoms with Crippen LogP contribution in [0.4, 0.5) is 11.4 Å². The van der Waals surface area contributed by atoms with Crippen LogP contribution in [0.3, 0.4) is 0 Å². The highest BCUT2D eigenvalue weighted by molar-refractivity contribution is 7.99. The van der Waals surface area contributed by atoms with Gasteiger partial charge in [-0.2, -0.15) is 11.8 Å². The smallest absolute Gasteiger partial charge is 0.0723 e. The van der Waals surface area contributed by atoms with Crippen molar-refractivity contribution >= 4 is 46.3 Å².